The molecule has 1 aromatic heterocycles. The number of benzene rings is 2. The van der Waals surface area contributed by atoms with Crippen LogP contribution in [0, 0.1) is 5.41 Å². The number of aromatic nitrogens is 2. The highest BCUT2D eigenvalue weighted by Gasteiger charge is 2.42. The number of carbonyl (C=O) groups excluding carboxylic acids is 3. The second kappa shape index (κ2) is 14.1. The Morgan fingerprint density at radius 3 is 2.56 bits per heavy atom. The van der Waals surface area contributed by atoms with Crippen molar-refractivity contribution in [2.45, 2.75) is 77.9 Å². The summed E-state index contributed by atoms with van der Waals surface area (Å²) >= 11 is 0. The number of nitrogens with zero attached hydrogens (tertiary/aromatic N) is 4. The molecule has 3 heterocycles. The molecule has 5 rings (SSSR count). The molecule has 242 valence electrons. The molecule has 3 atom stereocenters. The molecule has 11 heteroatoms. The molecule has 0 spiro atoms. The van der Waals surface area contributed by atoms with Gasteiger partial charge in [-0.25, -0.2) is 9.97 Å². The molecule has 0 aliphatic carbocycles. The Hall–Kier alpha value is -3.76. The van der Waals surface area contributed by atoms with Gasteiger partial charge in [-0.3, -0.25) is 14.4 Å². The maximum Gasteiger partial charge on any atom is 0.246 e. The Balaban J connectivity index is 0.00000461. The Kier molecular flexibility index (Phi) is 10.7. The first kappa shape index (κ1) is 34.1. The van der Waals surface area contributed by atoms with E-state index in [9.17, 15) is 14.4 Å². The molecule has 0 bridgehead atoms. The Labute approximate surface area is 271 Å². The van der Waals surface area contributed by atoms with Gasteiger partial charge in [-0.1, -0.05) is 39.0 Å². The molecule has 2 N–H and O–H groups in total. The number of halogens is 1. The highest BCUT2D eigenvalue weighted by Crippen LogP contribution is 2.37. The number of ketones is 1. The van der Waals surface area contributed by atoms with Crippen molar-refractivity contribution in [1.29, 1.82) is 0 Å². The van der Waals surface area contributed by atoms with E-state index in [1.54, 1.807) is 32.3 Å². The number of rotatable bonds is 9. The van der Waals surface area contributed by atoms with E-state index >= 15 is 0 Å². The average Bonchev–Trinajstić information content (AvgIpc) is 3.52. The third kappa shape index (κ3) is 7.07. The lowest BCUT2D eigenvalue weighted by atomic mass is 9.85. The number of likely N-dealkylation sites (tertiary alicyclic amines) is 1. The highest BCUT2D eigenvalue weighted by atomic mass is 35.5. The van der Waals surface area contributed by atoms with Crippen molar-refractivity contribution in [3.8, 4) is 5.75 Å². The molecule has 2 aromatic carbocycles. The molecule has 1 saturated heterocycles. The zero-order valence-electron chi connectivity index (χ0n) is 27.1. The molecule has 2 aliphatic rings. The predicted molar refractivity (Wildman–Crippen MR) is 178 cm³/mol. The minimum Gasteiger partial charge on any atom is -0.496 e. The summed E-state index contributed by atoms with van der Waals surface area (Å²) in [6.07, 6.45) is 5.01. The number of carbonyl (C=O) groups is 3. The smallest absolute Gasteiger partial charge is 0.246 e. The number of fused-ring (bicyclic) bond motifs is 2. The maximum atomic E-state index is 13.9. The minimum absolute atomic E-state index is 0. The molecule has 10 nitrogen and oxygen atoms in total. The van der Waals surface area contributed by atoms with E-state index in [4.69, 9.17) is 9.72 Å². The van der Waals surface area contributed by atoms with Crippen LogP contribution in [0.4, 0.5) is 11.5 Å². The van der Waals surface area contributed by atoms with Crippen LogP contribution in [0.25, 0.3) is 10.9 Å². The van der Waals surface area contributed by atoms with Crippen LogP contribution in [-0.4, -0.2) is 77.8 Å². The quantitative estimate of drug-likeness (QED) is 0.355. The summed E-state index contributed by atoms with van der Waals surface area (Å²) in [7, 11) is 3.29. The minimum atomic E-state index is -0.762. The van der Waals surface area contributed by atoms with Crippen LogP contribution in [0.15, 0.2) is 42.7 Å². The van der Waals surface area contributed by atoms with Gasteiger partial charge in [0.1, 0.15) is 23.9 Å². The monoisotopic (exact) mass is 636 g/mol. The topological polar surface area (TPSA) is 117 Å². The Morgan fingerprint density at radius 1 is 1.09 bits per heavy atom. The number of likely N-dealkylation sites (N-methyl/N-ethyl adjacent to an activating group) is 1. The van der Waals surface area contributed by atoms with Gasteiger partial charge in [0.2, 0.25) is 11.8 Å². The molecule has 0 radical (unpaired) electrons. The fourth-order valence-corrected chi connectivity index (χ4v) is 6.30. The third-order valence-corrected chi connectivity index (χ3v) is 8.88. The van der Waals surface area contributed by atoms with Gasteiger partial charge in [-0.2, -0.15) is 0 Å². The summed E-state index contributed by atoms with van der Waals surface area (Å²) < 4.78 is 5.73. The molecular weight excluding hydrogens is 592 g/mol. The lowest BCUT2D eigenvalue weighted by Gasteiger charge is -2.36. The van der Waals surface area contributed by atoms with Crippen LogP contribution < -0.4 is 20.3 Å². The maximum absolute atomic E-state index is 13.9. The fourth-order valence-electron chi connectivity index (χ4n) is 6.30. The molecule has 0 unspecified atom stereocenters. The van der Waals surface area contributed by atoms with Crippen molar-refractivity contribution in [1.82, 2.24) is 25.5 Å². The second-order valence-corrected chi connectivity index (χ2v) is 12.9. The molecule has 2 amide bonds. The van der Waals surface area contributed by atoms with Gasteiger partial charge in [0.15, 0.2) is 5.78 Å². The molecule has 45 heavy (non-hydrogen) atoms. The van der Waals surface area contributed by atoms with E-state index in [2.05, 4.69) is 38.7 Å². The van der Waals surface area contributed by atoms with E-state index in [1.807, 2.05) is 39.0 Å². The van der Waals surface area contributed by atoms with Crippen molar-refractivity contribution in [3.05, 3.63) is 53.9 Å². The summed E-state index contributed by atoms with van der Waals surface area (Å²) in [5.74, 6) is 0.841. The van der Waals surface area contributed by atoms with Crippen LogP contribution in [0.5, 0.6) is 5.75 Å². The highest BCUT2D eigenvalue weighted by molar-refractivity contribution is 5.97. The van der Waals surface area contributed by atoms with Crippen molar-refractivity contribution in [3.63, 3.8) is 0 Å². The number of para-hydroxylation sites is 1. The standard InChI is InChI=1S/C34H44N6O4.ClH/c1-21(35-5)32(42)38-30(34(2,3)4)33(43)40-16-10-14-27(40)28(41)18-23-17-24-25(19-29(23)44-6)36-20-37-31(24)39-15-9-12-22-11-7-8-13-26(22)39;/h7-8,11,13,17,19-21,27,30,35H,9-10,12,14-16,18H2,1-6H3,(H,38,42);1H/t21-,27-,30+;/m0./s1. The van der Waals surface area contributed by atoms with Gasteiger partial charge in [-0.05, 0) is 62.8 Å². The van der Waals surface area contributed by atoms with Crippen molar-refractivity contribution < 1.29 is 19.1 Å². The number of hydrogen-bond donors (Lipinski definition) is 2. The van der Waals surface area contributed by atoms with Gasteiger partial charge in [-0.15, -0.1) is 12.4 Å². The van der Waals surface area contributed by atoms with Gasteiger partial charge in [0, 0.05) is 42.2 Å². The number of hydrogen-bond acceptors (Lipinski definition) is 8. The van der Waals surface area contributed by atoms with Gasteiger partial charge < -0.3 is 25.2 Å². The lowest BCUT2D eigenvalue weighted by molar-refractivity contribution is -0.143. The Morgan fingerprint density at radius 2 is 1.84 bits per heavy atom. The number of aryl methyl sites for hydroxylation is 1. The Bertz CT molecular complexity index is 1560. The second-order valence-electron chi connectivity index (χ2n) is 12.9. The summed E-state index contributed by atoms with van der Waals surface area (Å²) in [5.41, 5.74) is 3.35. The summed E-state index contributed by atoms with van der Waals surface area (Å²) in [5, 5.41) is 6.70. The first-order valence-electron chi connectivity index (χ1n) is 15.5. The predicted octanol–water partition coefficient (Wildman–Crippen LogP) is 4.39. The normalized spacial score (nSPS) is 17.7. The van der Waals surface area contributed by atoms with E-state index in [0.717, 1.165) is 53.8 Å². The summed E-state index contributed by atoms with van der Waals surface area (Å²) in [6, 6.07) is 10.4. The van der Waals surface area contributed by atoms with E-state index in [0.29, 0.717) is 18.7 Å². The molecule has 2 aliphatic heterocycles. The number of ether oxygens (including phenoxy) is 1. The average molecular weight is 637 g/mol. The summed E-state index contributed by atoms with van der Waals surface area (Å²) in [6.45, 7) is 8.83. The number of methoxy groups -OCH3 is 1. The van der Waals surface area contributed by atoms with Crippen molar-refractivity contribution >= 4 is 52.4 Å². The van der Waals surface area contributed by atoms with E-state index in [1.165, 1.54) is 5.56 Å². The largest absolute Gasteiger partial charge is 0.496 e. The fraction of sp³-hybridized carbons (Fsp3) is 0.500. The lowest BCUT2D eigenvalue weighted by Crippen LogP contribution is -2.58. The third-order valence-electron chi connectivity index (χ3n) is 8.88. The van der Waals surface area contributed by atoms with Crippen LogP contribution >= 0.6 is 12.4 Å². The number of nitrogens with one attached hydrogen (secondary N) is 2. The summed E-state index contributed by atoms with van der Waals surface area (Å²) in [4.78, 5) is 53.7. The SMILES string of the molecule is CN[C@@H](C)C(=O)N[C@H](C(=O)N1CCC[C@H]1C(=O)Cc1cc2c(N3CCCc4ccccc43)ncnc2cc1OC)C(C)(C)C.Cl. The van der Waals surface area contributed by atoms with Crippen LogP contribution in [0.3, 0.4) is 0 Å². The van der Waals surface area contributed by atoms with E-state index in [-0.39, 0.29) is 36.4 Å². The van der Waals surface area contributed by atoms with Crippen molar-refractivity contribution in [2.75, 3.05) is 32.1 Å². The van der Waals surface area contributed by atoms with Gasteiger partial charge >= 0.3 is 0 Å². The molecule has 0 saturated carbocycles. The van der Waals surface area contributed by atoms with Crippen molar-refractivity contribution in [2.24, 2.45) is 5.41 Å². The number of anilines is 2. The molecule has 1 fully saturated rings. The zero-order chi connectivity index (χ0) is 31.6. The molecule has 3 aromatic rings. The first-order chi connectivity index (χ1) is 21.0. The zero-order valence-corrected chi connectivity index (χ0v) is 27.9. The van der Waals surface area contributed by atoms with E-state index < -0.39 is 23.5 Å². The van der Waals surface area contributed by atoms with Crippen LogP contribution in [0.2, 0.25) is 0 Å². The van der Waals surface area contributed by atoms with Gasteiger partial charge in [0.25, 0.3) is 0 Å². The number of Topliss-reactive ketones (excluding diaryl/α,β-unsaturated/α-hetero) is 1. The van der Waals surface area contributed by atoms with Gasteiger partial charge in [0.05, 0.1) is 24.7 Å². The molecular formula is C34H45ClN6O4. The number of amides is 2. The van der Waals surface area contributed by atoms with Crippen LogP contribution in [0.1, 0.15) is 58.1 Å². The first-order valence-corrected chi connectivity index (χ1v) is 15.5. The van der Waals surface area contributed by atoms with Crippen LogP contribution in [-0.2, 0) is 27.2 Å².